The van der Waals surface area contributed by atoms with Crippen LogP contribution in [-0.4, -0.2) is 16.1 Å². The summed E-state index contributed by atoms with van der Waals surface area (Å²) in [6.45, 7) is 1.50. The third-order valence-corrected chi connectivity index (χ3v) is 2.46. The van der Waals surface area contributed by atoms with Gasteiger partial charge in [-0.3, -0.25) is 0 Å². The van der Waals surface area contributed by atoms with Gasteiger partial charge in [-0.1, -0.05) is 0 Å². The molecule has 76 valence electrons. The van der Waals surface area contributed by atoms with Crippen LogP contribution in [0.1, 0.15) is 28.0 Å². The first-order valence-corrected chi connectivity index (χ1v) is 4.41. The highest BCUT2D eigenvalue weighted by Crippen LogP contribution is 2.24. The average molecular weight is 266 g/mol. The third-order valence-electron chi connectivity index (χ3n) is 1.69. The minimum absolute atomic E-state index is 0.132. The maximum absolute atomic E-state index is 12.2. The Hall–Kier alpha value is -1.04. The van der Waals surface area contributed by atoms with Crippen LogP contribution in [0.5, 0.6) is 0 Å². The number of halogens is 3. The molecule has 0 saturated heterocycles. The predicted molar refractivity (Wildman–Crippen MR) is 48.6 cm³/mol. The van der Waals surface area contributed by atoms with E-state index in [1.807, 2.05) is 0 Å². The number of nitrogens with zero attached hydrogens (tertiary/aromatic N) is 1. The molecule has 0 aliphatic carbocycles. The van der Waals surface area contributed by atoms with Gasteiger partial charge in [0.05, 0.1) is 5.56 Å². The number of alkyl halides is 2. The van der Waals surface area contributed by atoms with E-state index in [1.165, 1.54) is 6.92 Å². The van der Waals surface area contributed by atoms with E-state index in [0.717, 1.165) is 6.07 Å². The molecule has 0 unspecified atom stereocenters. The molecule has 1 aromatic rings. The van der Waals surface area contributed by atoms with Crippen molar-refractivity contribution in [1.82, 2.24) is 4.98 Å². The van der Waals surface area contributed by atoms with E-state index in [0.29, 0.717) is 5.56 Å². The number of rotatable bonds is 2. The van der Waals surface area contributed by atoms with Crippen molar-refractivity contribution in [3.05, 3.63) is 27.5 Å². The highest BCUT2D eigenvalue weighted by Gasteiger charge is 2.17. The molecule has 0 bridgehead atoms. The standard InChI is InChI=1S/C8H6BrF2NO2/c1-3-4(8(13)14)2-5(7(10)11)12-6(3)9/h2,7H,1H3,(H,13,14). The summed E-state index contributed by atoms with van der Waals surface area (Å²) in [6, 6.07) is 0.882. The lowest BCUT2D eigenvalue weighted by Gasteiger charge is -2.06. The largest absolute Gasteiger partial charge is 0.478 e. The van der Waals surface area contributed by atoms with Crippen LogP contribution in [0.3, 0.4) is 0 Å². The molecule has 1 N–H and O–H groups in total. The molecule has 0 fully saturated rings. The van der Waals surface area contributed by atoms with E-state index < -0.39 is 18.1 Å². The Labute approximate surface area is 86.9 Å². The zero-order valence-electron chi connectivity index (χ0n) is 7.09. The smallest absolute Gasteiger partial charge is 0.336 e. The highest BCUT2D eigenvalue weighted by atomic mass is 79.9. The molecule has 1 heterocycles. The lowest BCUT2D eigenvalue weighted by molar-refractivity contribution is 0.0695. The van der Waals surface area contributed by atoms with Crippen molar-refractivity contribution in [2.45, 2.75) is 13.3 Å². The zero-order valence-corrected chi connectivity index (χ0v) is 8.68. The maximum Gasteiger partial charge on any atom is 0.336 e. The molecule has 6 heteroatoms. The van der Waals surface area contributed by atoms with E-state index in [2.05, 4.69) is 20.9 Å². The lowest BCUT2D eigenvalue weighted by Crippen LogP contribution is -2.04. The van der Waals surface area contributed by atoms with Crippen molar-refractivity contribution in [2.24, 2.45) is 0 Å². The molecule has 0 radical (unpaired) electrons. The van der Waals surface area contributed by atoms with Crippen molar-refractivity contribution in [3.63, 3.8) is 0 Å². The van der Waals surface area contributed by atoms with E-state index in [4.69, 9.17) is 5.11 Å². The van der Waals surface area contributed by atoms with Crippen LogP contribution in [0.15, 0.2) is 10.7 Å². The fourth-order valence-corrected chi connectivity index (χ4v) is 1.35. The monoisotopic (exact) mass is 265 g/mol. The summed E-state index contributed by atoms with van der Waals surface area (Å²) in [7, 11) is 0. The molecule has 0 aliphatic heterocycles. The second kappa shape index (κ2) is 4.00. The lowest BCUT2D eigenvalue weighted by atomic mass is 10.1. The van der Waals surface area contributed by atoms with Crippen molar-refractivity contribution in [3.8, 4) is 0 Å². The number of hydrogen-bond acceptors (Lipinski definition) is 2. The van der Waals surface area contributed by atoms with Gasteiger partial charge in [0.2, 0.25) is 0 Å². The predicted octanol–water partition coefficient (Wildman–Crippen LogP) is 2.79. The SMILES string of the molecule is Cc1c(C(=O)O)cc(C(F)F)nc1Br. The second-order valence-corrected chi connectivity index (χ2v) is 3.37. The molecular formula is C8H6BrF2NO2. The molecule has 0 aliphatic rings. The first kappa shape index (κ1) is 11.0. The fraction of sp³-hybridized carbons (Fsp3) is 0.250. The first-order chi connectivity index (χ1) is 6.43. The van der Waals surface area contributed by atoms with Gasteiger partial charge < -0.3 is 5.11 Å². The number of carbonyl (C=O) groups is 1. The topological polar surface area (TPSA) is 50.2 Å². The molecule has 1 aromatic heterocycles. The average Bonchev–Trinajstić information content (AvgIpc) is 2.08. The number of pyridine rings is 1. The van der Waals surface area contributed by atoms with E-state index in [9.17, 15) is 13.6 Å². The minimum atomic E-state index is -2.77. The van der Waals surface area contributed by atoms with Crippen LogP contribution in [0.2, 0.25) is 0 Å². The van der Waals surface area contributed by atoms with Gasteiger partial charge in [0.1, 0.15) is 10.3 Å². The molecule has 0 atom stereocenters. The number of carboxylic acids is 1. The number of hydrogen-bond donors (Lipinski definition) is 1. The van der Waals surface area contributed by atoms with E-state index >= 15 is 0 Å². The van der Waals surface area contributed by atoms with Gasteiger partial charge in [0.25, 0.3) is 6.43 Å². The molecule has 1 rings (SSSR count). The van der Waals surface area contributed by atoms with Gasteiger partial charge in [-0.05, 0) is 34.5 Å². The Morgan fingerprint density at radius 1 is 1.64 bits per heavy atom. The van der Waals surface area contributed by atoms with Gasteiger partial charge in [0.15, 0.2) is 0 Å². The summed E-state index contributed by atoms with van der Waals surface area (Å²) in [6.07, 6.45) is -2.77. The maximum atomic E-state index is 12.2. The van der Waals surface area contributed by atoms with Crippen molar-refractivity contribution in [1.29, 1.82) is 0 Å². The van der Waals surface area contributed by atoms with Gasteiger partial charge in [0, 0.05) is 0 Å². The van der Waals surface area contributed by atoms with Crippen molar-refractivity contribution >= 4 is 21.9 Å². The van der Waals surface area contributed by atoms with Crippen LogP contribution < -0.4 is 0 Å². The Bertz CT molecular complexity index is 382. The summed E-state index contributed by atoms with van der Waals surface area (Å²) in [4.78, 5) is 14.2. The van der Waals surface area contributed by atoms with Crippen LogP contribution in [-0.2, 0) is 0 Å². The van der Waals surface area contributed by atoms with Gasteiger partial charge in [-0.25, -0.2) is 18.6 Å². The molecule has 3 nitrogen and oxygen atoms in total. The Kier molecular flexibility index (Phi) is 3.15. The number of aromatic carboxylic acids is 1. The fourth-order valence-electron chi connectivity index (χ4n) is 0.931. The van der Waals surface area contributed by atoms with E-state index in [-0.39, 0.29) is 10.2 Å². The van der Waals surface area contributed by atoms with Crippen LogP contribution in [0.25, 0.3) is 0 Å². The Morgan fingerprint density at radius 2 is 2.21 bits per heavy atom. The molecule has 0 aromatic carbocycles. The van der Waals surface area contributed by atoms with Crippen LogP contribution in [0.4, 0.5) is 8.78 Å². The minimum Gasteiger partial charge on any atom is -0.478 e. The van der Waals surface area contributed by atoms with E-state index in [1.54, 1.807) is 0 Å². The quantitative estimate of drug-likeness (QED) is 0.837. The van der Waals surface area contributed by atoms with Gasteiger partial charge in [-0.2, -0.15) is 0 Å². The summed E-state index contributed by atoms with van der Waals surface area (Å²) < 4.78 is 24.6. The Balaban J connectivity index is 3.35. The van der Waals surface area contributed by atoms with Gasteiger partial charge in [-0.15, -0.1) is 0 Å². The molecular weight excluding hydrogens is 260 g/mol. The number of carboxylic acid groups (broad SMARTS) is 1. The summed E-state index contributed by atoms with van der Waals surface area (Å²) in [5, 5.41) is 8.70. The summed E-state index contributed by atoms with van der Waals surface area (Å²) in [5.74, 6) is -1.24. The molecule has 0 spiro atoms. The molecule has 0 saturated carbocycles. The Morgan fingerprint density at radius 3 is 2.64 bits per heavy atom. The molecule has 0 amide bonds. The number of aromatic nitrogens is 1. The highest BCUT2D eigenvalue weighted by molar-refractivity contribution is 9.10. The summed E-state index contributed by atoms with van der Waals surface area (Å²) in [5.41, 5.74) is -0.371. The third kappa shape index (κ3) is 2.06. The van der Waals surface area contributed by atoms with Crippen molar-refractivity contribution in [2.75, 3.05) is 0 Å². The van der Waals surface area contributed by atoms with Crippen molar-refractivity contribution < 1.29 is 18.7 Å². The second-order valence-electron chi connectivity index (χ2n) is 2.62. The zero-order chi connectivity index (χ0) is 10.9. The summed E-state index contributed by atoms with van der Waals surface area (Å²) >= 11 is 2.93. The van der Waals surface area contributed by atoms with Gasteiger partial charge >= 0.3 is 5.97 Å². The van der Waals surface area contributed by atoms with Crippen LogP contribution >= 0.6 is 15.9 Å². The normalized spacial score (nSPS) is 10.6. The van der Waals surface area contributed by atoms with Crippen LogP contribution in [0, 0.1) is 6.92 Å². The molecule has 14 heavy (non-hydrogen) atoms. The first-order valence-electron chi connectivity index (χ1n) is 3.62.